The molecule has 9 rings (SSSR count). The van der Waals surface area contributed by atoms with Crippen LogP contribution in [0.25, 0.3) is 70.7 Å². The van der Waals surface area contributed by atoms with Gasteiger partial charge in [0.15, 0.2) is 0 Å². The normalized spacial score (nSPS) is 11.8. The molecule has 60 heavy (non-hydrogen) atoms. The Hall–Kier alpha value is -5.04. The quantitative estimate of drug-likeness (QED) is 0.118. The molecule has 0 unspecified atom stereocenters. The topological polar surface area (TPSA) is 30.7 Å². The van der Waals surface area contributed by atoms with Gasteiger partial charge in [0.25, 0.3) is 0 Å². The number of imidazole rings is 1. The van der Waals surface area contributed by atoms with Gasteiger partial charge in [0.1, 0.15) is 5.82 Å². The Balaban J connectivity index is 0.000000220. The van der Waals surface area contributed by atoms with Gasteiger partial charge in [-0.2, -0.15) is 11.3 Å². The molecule has 0 aliphatic rings. The summed E-state index contributed by atoms with van der Waals surface area (Å²) >= 11 is 1.75. The first kappa shape index (κ1) is 43.1. The van der Waals surface area contributed by atoms with Gasteiger partial charge in [-0.25, -0.2) is 4.39 Å². The van der Waals surface area contributed by atoms with E-state index in [9.17, 15) is 4.39 Å². The van der Waals surface area contributed by atoms with Crippen molar-refractivity contribution in [2.45, 2.75) is 66.1 Å². The van der Waals surface area contributed by atoms with Crippen LogP contribution in [0.4, 0.5) is 4.39 Å². The van der Waals surface area contributed by atoms with Gasteiger partial charge in [-0.15, -0.1) is 54.1 Å². The van der Waals surface area contributed by atoms with Crippen molar-refractivity contribution in [3.8, 4) is 39.5 Å². The number of benzene rings is 6. The molecule has 6 aromatic carbocycles. The fourth-order valence-electron chi connectivity index (χ4n) is 7.85. The molecule has 0 saturated carbocycles. The van der Waals surface area contributed by atoms with Crippen LogP contribution in [0.2, 0.25) is 19.6 Å². The van der Waals surface area contributed by atoms with Crippen molar-refractivity contribution in [3.05, 3.63) is 169 Å². The van der Waals surface area contributed by atoms with E-state index < -0.39 is 8.07 Å². The zero-order valence-electron chi connectivity index (χ0n) is 35.5. The summed E-state index contributed by atoms with van der Waals surface area (Å²) in [5.41, 5.74) is 10.5. The molecule has 3 heterocycles. The maximum absolute atomic E-state index is 14.4. The van der Waals surface area contributed by atoms with Crippen LogP contribution in [-0.2, 0) is 31.9 Å². The predicted octanol–water partition coefficient (Wildman–Crippen LogP) is 14.3. The summed E-state index contributed by atoms with van der Waals surface area (Å²) in [6.07, 6.45) is 3.24. The number of halogens is 1. The zero-order chi connectivity index (χ0) is 41.5. The third-order valence-corrected chi connectivity index (χ3v) is 14.0. The molecular formula is C53H50FIrN3SSi-2. The van der Waals surface area contributed by atoms with E-state index in [1.54, 1.807) is 11.3 Å². The van der Waals surface area contributed by atoms with Gasteiger partial charge < -0.3 is 9.55 Å². The van der Waals surface area contributed by atoms with Crippen LogP contribution in [-0.4, -0.2) is 22.6 Å². The molecule has 305 valence electrons. The number of pyridine rings is 1. The molecule has 1 radical (unpaired) electrons. The molecule has 3 nitrogen and oxygen atoms in total. The number of rotatable bonds is 7. The van der Waals surface area contributed by atoms with Gasteiger partial charge in [-0.3, -0.25) is 4.98 Å². The Labute approximate surface area is 372 Å². The Morgan fingerprint density at radius 2 is 1.53 bits per heavy atom. The molecule has 0 atom stereocenters. The van der Waals surface area contributed by atoms with Gasteiger partial charge in [-0.05, 0) is 80.2 Å². The van der Waals surface area contributed by atoms with Crippen LogP contribution >= 0.6 is 11.3 Å². The summed E-state index contributed by atoms with van der Waals surface area (Å²) in [7, 11) is -1.34. The predicted molar refractivity (Wildman–Crippen MR) is 252 cm³/mol. The molecule has 0 bridgehead atoms. The van der Waals surface area contributed by atoms with Crippen molar-refractivity contribution in [1.82, 2.24) is 14.5 Å². The van der Waals surface area contributed by atoms with Gasteiger partial charge in [0.05, 0.1) is 24.9 Å². The van der Waals surface area contributed by atoms with Gasteiger partial charge in [0, 0.05) is 48.3 Å². The molecule has 0 aliphatic heterocycles. The fourth-order valence-corrected chi connectivity index (χ4v) is 10.6. The SMILES string of the molecule is CC(C)(C)c1ccc(-n2c(-c3[c-]ccc4c3sc3ccccc34)nc3cc(F)ccc32)c(-c2ccccc2)c1.CC(C)Cc1cc(-c2[c-]cccc2)ncc1[Si](C)(C)C.[Ir]. The first-order valence-corrected chi connectivity index (χ1v) is 24.7. The Bertz CT molecular complexity index is 2920. The summed E-state index contributed by atoms with van der Waals surface area (Å²) in [6.45, 7) is 18.4. The van der Waals surface area contributed by atoms with E-state index in [2.05, 4.69) is 167 Å². The van der Waals surface area contributed by atoms with Crippen LogP contribution in [0.3, 0.4) is 0 Å². The maximum Gasteiger partial charge on any atom is 0.125 e. The summed E-state index contributed by atoms with van der Waals surface area (Å²) < 4.78 is 19.0. The maximum atomic E-state index is 14.4. The Kier molecular flexibility index (Phi) is 12.6. The second-order valence-corrected chi connectivity index (χ2v) is 23.9. The second-order valence-electron chi connectivity index (χ2n) is 17.8. The second kappa shape index (κ2) is 17.5. The van der Waals surface area contributed by atoms with Crippen molar-refractivity contribution >= 4 is 55.8 Å². The first-order chi connectivity index (χ1) is 28.3. The summed E-state index contributed by atoms with van der Waals surface area (Å²) in [6, 6.07) is 51.7. The van der Waals surface area contributed by atoms with Crippen LogP contribution in [0.1, 0.15) is 45.7 Å². The third-order valence-electron chi connectivity index (χ3n) is 10.8. The van der Waals surface area contributed by atoms with E-state index in [0.29, 0.717) is 11.4 Å². The van der Waals surface area contributed by atoms with Crippen LogP contribution < -0.4 is 5.19 Å². The third kappa shape index (κ3) is 8.87. The smallest absolute Gasteiger partial charge is 0.125 e. The van der Waals surface area contributed by atoms with Gasteiger partial charge in [-0.1, -0.05) is 131 Å². The van der Waals surface area contributed by atoms with E-state index >= 15 is 0 Å². The van der Waals surface area contributed by atoms with Crippen molar-refractivity contribution in [2.24, 2.45) is 5.92 Å². The van der Waals surface area contributed by atoms with Crippen molar-refractivity contribution in [3.63, 3.8) is 0 Å². The molecule has 0 aliphatic carbocycles. The minimum absolute atomic E-state index is 0. The van der Waals surface area contributed by atoms with E-state index in [0.717, 1.165) is 56.1 Å². The number of nitrogens with zero attached hydrogens (tertiary/aromatic N) is 3. The van der Waals surface area contributed by atoms with E-state index in [1.165, 1.54) is 43.9 Å². The molecule has 0 saturated heterocycles. The van der Waals surface area contributed by atoms with Crippen LogP contribution in [0.5, 0.6) is 0 Å². The average molecular weight is 1000 g/mol. The molecular weight excluding hydrogens is 950 g/mol. The molecule has 0 amide bonds. The number of aromatic nitrogens is 3. The zero-order valence-corrected chi connectivity index (χ0v) is 39.7. The number of thiophene rings is 1. The summed E-state index contributed by atoms with van der Waals surface area (Å²) in [4.78, 5) is 9.73. The van der Waals surface area contributed by atoms with E-state index in [-0.39, 0.29) is 31.3 Å². The minimum atomic E-state index is -1.34. The number of fused-ring (bicyclic) bond motifs is 4. The number of hydrogen-bond acceptors (Lipinski definition) is 3. The Morgan fingerprint density at radius 3 is 2.25 bits per heavy atom. The monoisotopic (exact) mass is 1000 g/mol. The Morgan fingerprint density at radius 1 is 0.783 bits per heavy atom. The first-order valence-electron chi connectivity index (χ1n) is 20.4. The van der Waals surface area contributed by atoms with Gasteiger partial charge >= 0.3 is 0 Å². The van der Waals surface area contributed by atoms with Crippen LogP contribution in [0, 0.1) is 23.9 Å². The van der Waals surface area contributed by atoms with E-state index in [1.807, 2.05) is 36.4 Å². The van der Waals surface area contributed by atoms with Crippen molar-refractivity contribution in [2.75, 3.05) is 0 Å². The van der Waals surface area contributed by atoms with Gasteiger partial charge in [0.2, 0.25) is 0 Å². The largest absolute Gasteiger partial charge is 0.333 e. The molecule has 9 aromatic rings. The summed E-state index contributed by atoms with van der Waals surface area (Å²) in [5.74, 6) is 1.13. The standard InChI is InChI=1S/C35H26FN2S.C18H24NSi.Ir/c1-35(2,3)23-16-18-30(28(20-23)22-10-5-4-6-11-22)38-31-19-17-24(36)21-29(31)37-34(38)27-14-9-13-26-25-12-7-8-15-32(25)39-33(26)27;1-14(2)11-16-12-17(15-9-7-6-8-10-15)19-13-18(16)20(3,4)5;/h4-13,15-21H,1-3H3;6-9,12-14H,11H2,1-5H3;/q2*-1;. The average Bonchev–Trinajstić information content (AvgIpc) is 3.79. The number of hydrogen-bond donors (Lipinski definition) is 0. The fraction of sp³-hybridized carbons (Fsp3) is 0.208. The molecule has 0 N–H and O–H groups in total. The molecule has 0 fully saturated rings. The molecule has 3 aromatic heterocycles. The van der Waals surface area contributed by atoms with Crippen molar-refractivity contribution < 1.29 is 24.5 Å². The van der Waals surface area contributed by atoms with E-state index in [4.69, 9.17) is 4.98 Å². The summed E-state index contributed by atoms with van der Waals surface area (Å²) in [5, 5.41) is 3.90. The van der Waals surface area contributed by atoms with Crippen LogP contribution in [0.15, 0.2) is 140 Å². The van der Waals surface area contributed by atoms with Crippen molar-refractivity contribution in [1.29, 1.82) is 0 Å². The molecule has 7 heteroatoms. The molecule has 0 spiro atoms. The minimum Gasteiger partial charge on any atom is -0.333 e.